The molecular formula is C24H19ClN4O3. The van der Waals surface area contributed by atoms with E-state index >= 15 is 0 Å². The highest BCUT2D eigenvalue weighted by Crippen LogP contribution is 2.22. The van der Waals surface area contributed by atoms with Crippen molar-refractivity contribution in [3.63, 3.8) is 0 Å². The van der Waals surface area contributed by atoms with E-state index in [0.29, 0.717) is 22.9 Å². The molecule has 0 bridgehead atoms. The molecule has 0 unspecified atom stereocenters. The molecule has 4 rings (SSSR count). The third-order valence-electron chi connectivity index (χ3n) is 4.60. The van der Waals surface area contributed by atoms with Crippen LogP contribution in [0.2, 0.25) is 5.02 Å². The number of amides is 1. The van der Waals surface area contributed by atoms with Crippen LogP contribution in [0.3, 0.4) is 0 Å². The molecule has 4 aromatic rings. The minimum Gasteiger partial charge on any atom is -0.507 e. The second-order valence-corrected chi connectivity index (χ2v) is 7.30. The van der Waals surface area contributed by atoms with E-state index in [9.17, 15) is 9.90 Å². The van der Waals surface area contributed by atoms with Crippen LogP contribution < -0.4 is 10.2 Å². The van der Waals surface area contributed by atoms with Crippen molar-refractivity contribution in [3.8, 4) is 22.8 Å². The number of hydrogen-bond donors (Lipinski definition) is 3. The summed E-state index contributed by atoms with van der Waals surface area (Å²) in [6.45, 7) is 0.435. The van der Waals surface area contributed by atoms with Crippen molar-refractivity contribution >= 4 is 23.7 Å². The highest BCUT2D eigenvalue weighted by molar-refractivity contribution is 6.30. The Bertz CT molecular complexity index is 1230. The number of hydrogen-bond acceptors (Lipinski definition) is 5. The summed E-state index contributed by atoms with van der Waals surface area (Å²) in [6.07, 6.45) is 1.37. The number of nitrogens with zero attached hydrogens (tertiary/aromatic N) is 2. The molecule has 0 fully saturated rings. The molecule has 8 heteroatoms. The zero-order valence-corrected chi connectivity index (χ0v) is 17.6. The summed E-state index contributed by atoms with van der Waals surface area (Å²) in [7, 11) is 0. The molecule has 3 N–H and O–H groups in total. The number of ether oxygens (including phenoxy) is 1. The molecular weight excluding hydrogens is 428 g/mol. The summed E-state index contributed by atoms with van der Waals surface area (Å²) in [4.78, 5) is 12.3. The van der Waals surface area contributed by atoms with Crippen LogP contribution in [0, 0.1) is 0 Å². The van der Waals surface area contributed by atoms with Crippen molar-refractivity contribution in [3.05, 3.63) is 101 Å². The van der Waals surface area contributed by atoms with Gasteiger partial charge in [0.2, 0.25) is 0 Å². The zero-order chi connectivity index (χ0) is 22.3. The average molecular weight is 447 g/mol. The molecule has 32 heavy (non-hydrogen) atoms. The van der Waals surface area contributed by atoms with Crippen LogP contribution in [0.4, 0.5) is 0 Å². The second kappa shape index (κ2) is 9.80. The van der Waals surface area contributed by atoms with Gasteiger partial charge in [-0.05, 0) is 60.2 Å². The van der Waals surface area contributed by atoms with Gasteiger partial charge in [0.15, 0.2) is 0 Å². The van der Waals surface area contributed by atoms with Crippen LogP contribution in [0.25, 0.3) is 11.3 Å². The molecule has 0 saturated heterocycles. The van der Waals surface area contributed by atoms with Crippen molar-refractivity contribution < 1.29 is 14.6 Å². The summed E-state index contributed by atoms with van der Waals surface area (Å²) >= 11 is 5.89. The van der Waals surface area contributed by atoms with E-state index in [2.05, 4.69) is 20.7 Å². The van der Waals surface area contributed by atoms with E-state index in [-0.39, 0.29) is 11.4 Å². The van der Waals surface area contributed by atoms with Gasteiger partial charge in [0, 0.05) is 16.1 Å². The lowest BCUT2D eigenvalue weighted by atomic mass is 10.1. The van der Waals surface area contributed by atoms with Gasteiger partial charge >= 0.3 is 0 Å². The molecule has 1 amide bonds. The van der Waals surface area contributed by atoms with Crippen molar-refractivity contribution in [2.75, 3.05) is 0 Å². The molecule has 160 valence electrons. The normalized spacial score (nSPS) is 10.9. The Hall–Kier alpha value is -4.10. The molecule has 1 aromatic heterocycles. The fraction of sp³-hybridized carbons (Fsp3) is 0.0417. The maximum atomic E-state index is 12.3. The maximum absolute atomic E-state index is 12.3. The van der Waals surface area contributed by atoms with Gasteiger partial charge in [-0.1, -0.05) is 35.9 Å². The van der Waals surface area contributed by atoms with E-state index < -0.39 is 5.91 Å². The van der Waals surface area contributed by atoms with Gasteiger partial charge in [0.05, 0.1) is 11.9 Å². The number of aromatic amines is 1. The van der Waals surface area contributed by atoms with Crippen molar-refractivity contribution in [2.45, 2.75) is 6.61 Å². The lowest BCUT2D eigenvalue weighted by Gasteiger charge is -2.07. The Morgan fingerprint density at radius 3 is 2.59 bits per heavy atom. The number of carbonyl (C=O) groups is 1. The number of hydrazone groups is 1. The minimum atomic E-state index is -0.446. The number of carbonyl (C=O) groups excluding carboxylic acids is 1. The Labute approximate surface area is 189 Å². The first-order valence-corrected chi connectivity index (χ1v) is 10.1. The maximum Gasteiger partial charge on any atom is 0.289 e. The first kappa shape index (κ1) is 21.1. The molecule has 0 aliphatic heterocycles. The Morgan fingerprint density at radius 2 is 1.84 bits per heavy atom. The SMILES string of the molecule is O=C(NN=Cc1ccccc1O)c1cc(-c2ccc(OCc3ccc(Cl)cc3)cc2)n[nH]1. The Balaban J connectivity index is 1.34. The zero-order valence-electron chi connectivity index (χ0n) is 16.8. The smallest absolute Gasteiger partial charge is 0.289 e. The topological polar surface area (TPSA) is 99.6 Å². The highest BCUT2D eigenvalue weighted by Gasteiger charge is 2.11. The third-order valence-corrected chi connectivity index (χ3v) is 4.85. The van der Waals surface area contributed by atoms with Gasteiger partial charge in [0.25, 0.3) is 5.91 Å². The molecule has 0 spiro atoms. The number of aromatic hydroxyl groups is 1. The summed E-state index contributed by atoms with van der Waals surface area (Å²) in [5.74, 6) is 0.351. The van der Waals surface area contributed by atoms with Crippen LogP contribution in [0.15, 0.2) is 84.0 Å². The first-order valence-electron chi connectivity index (χ1n) is 9.73. The molecule has 3 aromatic carbocycles. The van der Waals surface area contributed by atoms with E-state index in [1.54, 1.807) is 30.3 Å². The van der Waals surface area contributed by atoms with Crippen LogP contribution >= 0.6 is 11.6 Å². The predicted octanol–water partition coefficient (Wildman–Crippen LogP) is 4.78. The van der Waals surface area contributed by atoms with E-state index in [1.807, 2.05) is 48.5 Å². The number of phenolic OH excluding ortho intramolecular Hbond substituents is 1. The highest BCUT2D eigenvalue weighted by atomic mass is 35.5. The van der Waals surface area contributed by atoms with Gasteiger partial charge < -0.3 is 9.84 Å². The van der Waals surface area contributed by atoms with E-state index in [1.165, 1.54) is 6.21 Å². The lowest BCUT2D eigenvalue weighted by molar-refractivity contribution is 0.0950. The standard InChI is InChI=1S/C24H19ClN4O3/c25-19-9-5-16(6-10-19)15-32-20-11-7-17(8-12-20)21-13-22(28-27-21)24(31)29-26-14-18-3-1-2-4-23(18)30/h1-14,30H,15H2,(H,27,28)(H,29,31). The molecule has 0 radical (unpaired) electrons. The Kier molecular flexibility index (Phi) is 6.48. The fourth-order valence-electron chi connectivity index (χ4n) is 2.87. The number of para-hydroxylation sites is 1. The van der Waals surface area contributed by atoms with Crippen molar-refractivity contribution in [1.29, 1.82) is 0 Å². The van der Waals surface area contributed by atoms with Crippen LogP contribution in [-0.4, -0.2) is 27.4 Å². The largest absolute Gasteiger partial charge is 0.507 e. The number of halogens is 1. The predicted molar refractivity (Wildman–Crippen MR) is 123 cm³/mol. The van der Waals surface area contributed by atoms with E-state index in [4.69, 9.17) is 16.3 Å². The van der Waals surface area contributed by atoms with Gasteiger partial charge in [-0.2, -0.15) is 10.2 Å². The summed E-state index contributed by atoms with van der Waals surface area (Å²) in [5, 5.41) is 21.2. The van der Waals surface area contributed by atoms with Crippen LogP contribution in [0.5, 0.6) is 11.5 Å². The number of rotatable bonds is 7. The van der Waals surface area contributed by atoms with E-state index in [0.717, 1.165) is 16.9 Å². The molecule has 1 heterocycles. The number of nitrogens with one attached hydrogen (secondary N) is 2. The minimum absolute atomic E-state index is 0.0786. The molecule has 0 aliphatic carbocycles. The van der Waals surface area contributed by atoms with Gasteiger partial charge in [0.1, 0.15) is 23.8 Å². The number of H-pyrrole nitrogens is 1. The summed E-state index contributed by atoms with van der Waals surface area (Å²) < 4.78 is 5.79. The molecule has 7 nitrogen and oxygen atoms in total. The molecule has 0 aliphatic rings. The molecule has 0 saturated carbocycles. The number of phenols is 1. The quantitative estimate of drug-likeness (QED) is 0.281. The lowest BCUT2D eigenvalue weighted by Crippen LogP contribution is -2.18. The number of aromatic nitrogens is 2. The second-order valence-electron chi connectivity index (χ2n) is 6.86. The Morgan fingerprint density at radius 1 is 1.09 bits per heavy atom. The summed E-state index contributed by atoms with van der Waals surface area (Å²) in [6, 6.07) is 23.2. The average Bonchev–Trinajstić information content (AvgIpc) is 3.31. The number of benzene rings is 3. The first-order chi connectivity index (χ1) is 15.6. The van der Waals surface area contributed by atoms with Crippen LogP contribution in [-0.2, 0) is 6.61 Å². The monoisotopic (exact) mass is 446 g/mol. The fourth-order valence-corrected chi connectivity index (χ4v) is 3.00. The van der Waals surface area contributed by atoms with Gasteiger partial charge in [-0.15, -0.1) is 0 Å². The van der Waals surface area contributed by atoms with Gasteiger partial charge in [-0.3, -0.25) is 9.89 Å². The molecule has 0 atom stereocenters. The van der Waals surface area contributed by atoms with Crippen LogP contribution in [0.1, 0.15) is 21.6 Å². The third kappa shape index (κ3) is 5.33. The van der Waals surface area contributed by atoms with Crippen molar-refractivity contribution in [2.24, 2.45) is 5.10 Å². The van der Waals surface area contributed by atoms with Crippen molar-refractivity contribution in [1.82, 2.24) is 15.6 Å². The summed E-state index contributed by atoms with van der Waals surface area (Å²) in [5.41, 5.74) is 5.63. The van der Waals surface area contributed by atoms with Gasteiger partial charge in [-0.25, -0.2) is 5.43 Å².